The van der Waals surface area contributed by atoms with Crippen LogP contribution in [-0.2, 0) is 16.1 Å². The van der Waals surface area contributed by atoms with Crippen molar-refractivity contribution in [2.45, 2.75) is 25.9 Å². The summed E-state index contributed by atoms with van der Waals surface area (Å²) in [7, 11) is 0. The minimum absolute atomic E-state index is 0.0175. The molecule has 0 spiro atoms. The number of aliphatic carboxylic acids is 1. The van der Waals surface area contributed by atoms with Crippen LogP contribution in [0.1, 0.15) is 18.9 Å². The molecule has 0 aliphatic carbocycles. The monoisotopic (exact) mass is 347 g/mol. The molecule has 0 amide bonds. The largest absolute Gasteiger partial charge is 0.481 e. The topological polar surface area (TPSA) is 49.8 Å². The summed E-state index contributed by atoms with van der Waals surface area (Å²) >= 11 is 5.12. The fourth-order valence-electron chi connectivity index (χ4n) is 2.45. The average molecular weight is 348 g/mol. The molecule has 19 heavy (non-hydrogen) atoms. The van der Waals surface area contributed by atoms with Gasteiger partial charge in [-0.05, 0) is 45.9 Å². The minimum atomic E-state index is -0.755. The molecule has 0 radical (unpaired) electrons. The number of halogens is 1. The zero-order chi connectivity index (χ0) is 13.8. The SMILES string of the molecule is CCCN(Cc1csc(Br)c1)C1COCC1C(=O)O. The number of carbonyl (C=O) groups is 1. The Morgan fingerprint density at radius 3 is 3.00 bits per heavy atom. The predicted molar refractivity (Wildman–Crippen MR) is 78.5 cm³/mol. The molecule has 1 aliphatic rings. The van der Waals surface area contributed by atoms with E-state index in [-0.39, 0.29) is 6.04 Å². The predicted octanol–water partition coefficient (Wildman–Crippen LogP) is 2.82. The van der Waals surface area contributed by atoms with E-state index in [2.05, 4.69) is 39.2 Å². The second kappa shape index (κ2) is 6.83. The molecule has 106 valence electrons. The average Bonchev–Trinajstić information content (AvgIpc) is 2.97. The van der Waals surface area contributed by atoms with Crippen molar-refractivity contribution in [1.29, 1.82) is 0 Å². The van der Waals surface area contributed by atoms with Gasteiger partial charge in [-0.2, -0.15) is 0 Å². The summed E-state index contributed by atoms with van der Waals surface area (Å²) in [5, 5.41) is 11.4. The summed E-state index contributed by atoms with van der Waals surface area (Å²) in [4.78, 5) is 13.5. The number of thiophene rings is 1. The van der Waals surface area contributed by atoms with E-state index in [9.17, 15) is 9.90 Å². The lowest BCUT2D eigenvalue weighted by molar-refractivity contribution is -0.143. The highest BCUT2D eigenvalue weighted by atomic mass is 79.9. The zero-order valence-corrected chi connectivity index (χ0v) is 13.2. The molecule has 1 saturated heterocycles. The standard InChI is InChI=1S/C13H18BrNO3S/c1-2-3-15(5-9-4-12(14)19-8-9)11-7-18-6-10(11)13(16)17/h4,8,10-11H,2-3,5-7H2,1H3,(H,16,17). The first-order valence-corrected chi connectivity index (χ1v) is 8.06. The number of ether oxygens (including phenoxy) is 1. The van der Waals surface area contributed by atoms with Crippen molar-refractivity contribution < 1.29 is 14.6 Å². The van der Waals surface area contributed by atoms with Crippen molar-refractivity contribution in [3.63, 3.8) is 0 Å². The molecule has 2 unspecified atom stereocenters. The van der Waals surface area contributed by atoms with Gasteiger partial charge in [0.05, 0.1) is 22.9 Å². The highest BCUT2D eigenvalue weighted by Gasteiger charge is 2.37. The molecule has 4 nitrogen and oxygen atoms in total. The van der Waals surface area contributed by atoms with Gasteiger partial charge in [0, 0.05) is 12.6 Å². The first kappa shape index (κ1) is 15.0. The molecule has 1 aromatic rings. The molecule has 1 fully saturated rings. The Balaban J connectivity index is 2.08. The van der Waals surface area contributed by atoms with E-state index in [1.54, 1.807) is 11.3 Å². The zero-order valence-electron chi connectivity index (χ0n) is 10.8. The minimum Gasteiger partial charge on any atom is -0.481 e. The number of nitrogens with zero attached hydrogens (tertiary/aromatic N) is 1. The van der Waals surface area contributed by atoms with Crippen LogP contribution in [0.4, 0.5) is 0 Å². The van der Waals surface area contributed by atoms with Gasteiger partial charge in [0.1, 0.15) is 0 Å². The van der Waals surface area contributed by atoms with Crippen molar-refractivity contribution in [3.05, 3.63) is 20.8 Å². The van der Waals surface area contributed by atoms with E-state index < -0.39 is 11.9 Å². The summed E-state index contributed by atoms with van der Waals surface area (Å²) in [6.07, 6.45) is 1.01. The lowest BCUT2D eigenvalue weighted by Gasteiger charge is -2.29. The van der Waals surface area contributed by atoms with Crippen LogP contribution in [0.3, 0.4) is 0 Å². The molecule has 1 N–H and O–H groups in total. The van der Waals surface area contributed by atoms with Gasteiger partial charge < -0.3 is 9.84 Å². The summed E-state index contributed by atoms with van der Waals surface area (Å²) in [6, 6.07) is 2.08. The normalized spacial score (nSPS) is 23.1. The highest BCUT2D eigenvalue weighted by Crippen LogP contribution is 2.26. The van der Waals surface area contributed by atoms with Crippen LogP contribution in [0, 0.1) is 5.92 Å². The molecule has 2 rings (SSSR count). The molecule has 6 heteroatoms. The first-order chi connectivity index (χ1) is 9.11. The first-order valence-electron chi connectivity index (χ1n) is 6.39. The fraction of sp³-hybridized carbons (Fsp3) is 0.615. The van der Waals surface area contributed by atoms with Gasteiger partial charge in [-0.15, -0.1) is 11.3 Å². The van der Waals surface area contributed by atoms with Gasteiger partial charge >= 0.3 is 5.97 Å². The highest BCUT2D eigenvalue weighted by molar-refractivity contribution is 9.11. The third-order valence-corrected chi connectivity index (χ3v) is 4.91. The molecular weight excluding hydrogens is 330 g/mol. The van der Waals surface area contributed by atoms with E-state index in [4.69, 9.17) is 4.74 Å². The summed E-state index contributed by atoms with van der Waals surface area (Å²) in [5.41, 5.74) is 1.22. The second-order valence-corrected chi connectivity index (χ2v) is 7.07. The molecule has 2 atom stereocenters. The molecule has 2 heterocycles. The number of hydrogen-bond donors (Lipinski definition) is 1. The van der Waals surface area contributed by atoms with Crippen molar-refractivity contribution in [1.82, 2.24) is 4.90 Å². The Hall–Kier alpha value is -0.430. The van der Waals surface area contributed by atoms with Gasteiger partial charge in [0.25, 0.3) is 0 Å². The van der Waals surface area contributed by atoms with Crippen LogP contribution in [-0.4, -0.2) is 41.8 Å². The van der Waals surface area contributed by atoms with Crippen molar-refractivity contribution >= 4 is 33.2 Å². The lowest BCUT2D eigenvalue weighted by Crippen LogP contribution is -2.43. The maximum Gasteiger partial charge on any atom is 0.310 e. The third kappa shape index (κ3) is 3.78. The summed E-state index contributed by atoms with van der Waals surface area (Å²) in [5.74, 6) is -1.16. The number of rotatable bonds is 6. The Kier molecular flexibility index (Phi) is 5.38. The second-order valence-electron chi connectivity index (χ2n) is 4.78. The smallest absolute Gasteiger partial charge is 0.310 e. The Morgan fingerprint density at radius 1 is 1.63 bits per heavy atom. The Bertz CT molecular complexity index is 437. The number of carboxylic acids is 1. The van der Waals surface area contributed by atoms with Crippen molar-refractivity contribution in [2.75, 3.05) is 19.8 Å². The fourth-order valence-corrected chi connectivity index (χ4v) is 3.65. The quantitative estimate of drug-likeness (QED) is 0.859. The van der Waals surface area contributed by atoms with Crippen molar-refractivity contribution in [2.24, 2.45) is 5.92 Å². The van der Waals surface area contributed by atoms with E-state index in [0.717, 1.165) is 23.3 Å². The molecule has 1 aliphatic heterocycles. The van der Waals surface area contributed by atoms with Gasteiger partial charge in [-0.3, -0.25) is 9.69 Å². The molecule has 1 aromatic heterocycles. The summed E-state index contributed by atoms with van der Waals surface area (Å²) in [6.45, 7) is 4.64. The van der Waals surface area contributed by atoms with Crippen LogP contribution in [0.15, 0.2) is 15.2 Å². The summed E-state index contributed by atoms with van der Waals surface area (Å²) < 4.78 is 6.48. The molecular formula is C13H18BrNO3S. The lowest BCUT2D eigenvalue weighted by atomic mass is 10.0. The Morgan fingerprint density at radius 2 is 2.42 bits per heavy atom. The third-order valence-electron chi connectivity index (χ3n) is 3.35. The van der Waals surface area contributed by atoms with E-state index in [1.807, 2.05) is 0 Å². The van der Waals surface area contributed by atoms with Gasteiger partial charge in [0.15, 0.2) is 0 Å². The van der Waals surface area contributed by atoms with Crippen LogP contribution in [0.25, 0.3) is 0 Å². The molecule has 0 saturated carbocycles. The maximum atomic E-state index is 11.3. The van der Waals surface area contributed by atoms with Crippen molar-refractivity contribution in [3.8, 4) is 0 Å². The van der Waals surface area contributed by atoms with Crippen LogP contribution in [0.5, 0.6) is 0 Å². The molecule has 0 aromatic carbocycles. The van der Waals surface area contributed by atoms with Gasteiger partial charge in [-0.1, -0.05) is 6.92 Å². The molecule has 0 bridgehead atoms. The van der Waals surface area contributed by atoms with Gasteiger partial charge in [0.2, 0.25) is 0 Å². The van der Waals surface area contributed by atoms with Gasteiger partial charge in [-0.25, -0.2) is 0 Å². The van der Waals surface area contributed by atoms with E-state index in [1.165, 1.54) is 5.56 Å². The van der Waals surface area contributed by atoms with E-state index >= 15 is 0 Å². The van der Waals surface area contributed by atoms with Crippen LogP contribution in [0.2, 0.25) is 0 Å². The number of carboxylic acid groups (broad SMARTS) is 1. The Labute approximate surface area is 125 Å². The number of hydrogen-bond acceptors (Lipinski definition) is 4. The van der Waals surface area contributed by atoms with Crippen LogP contribution >= 0.6 is 27.3 Å². The maximum absolute atomic E-state index is 11.3. The van der Waals surface area contributed by atoms with Crippen LogP contribution < -0.4 is 0 Å². The van der Waals surface area contributed by atoms with E-state index in [0.29, 0.717) is 13.2 Å².